The first-order valence-corrected chi connectivity index (χ1v) is 6.45. The van der Waals surface area contributed by atoms with E-state index in [0.717, 1.165) is 28.8 Å². The van der Waals surface area contributed by atoms with Crippen molar-refractivity contribution in [3.8, 4) is 0 Å². The first-order chi connectivity index (χ1) is 9.11. The quantitative estimate of drug-likeness (QED) is 0.759. The van der Waals surface area contributed by atoms with Gasteiger partial charge in [-0.1, -0.05) is 48.0 Å². The molecule has 0 heterocycles. The molecule has 0 aliphatic heterocycles. The van der Waals surface area contributed by atoms with E-state index in [1.165, 1.54) is 5.56 Å². The number of hydrogen-bond acceptors (Lipinski definition) is 1. The summed E-state index contributed by atoms with van der Waals surface area (Å²) in [6.45, 7) is 6.79. The Bertz CT molecular complexity index is 552. The second-order valence-corrected chi connectivity index (χ2v) is 4.97. The second kappa shape index (κ2) is 5.70. The molecule has 0 spiro atoms. The van der Waals surface area contributed by atoms with Crippen LogP contribution in [0.5, 0.6) is 0 Å². The lowest BCUT2D eigenvalue weighted by molar-refractivity contribution is -0.107. The van der Waals surface area contributed by atoms with E-state index < -0.39 is 0 Å². The van der Waals surface area contributed by atoms with Gasteiger partial charge in [-0.15, -0.1) is 0 Å². The molecule has 0 saturated carbocycles. The number of hydrogen-bond donors (Lipinski definition) is 0. The molecule has 0 aromatic heterocycles. The van der Waals surface area contributed by atoms with Gasteiger partial charge in [0.05, 0.1) is 6.54 Å². The van der Waals surface area contributed by atoms with Gasteiger partial charge < -0.3 is 4.90 Å². The van der Waals surface area contributed by atoms with Crippen LogP contribution in [0, 0.1) is 20.8 Å². The monoisotopic (exact) mass is 253 g/mol. The molecule has 0 radical (unpaired) electrons. The van der Waals surface area contributed by atoms with Gasteiger partial charge >= 0.3 is 0 Å². The summed E-state index contributed by atoms with van der Waals surface area (Å²) in [7, 11) is 0. The third-order valence-electron chi connectivity index (χ3n) is 3.25. The topological polar surface area (TPSA) is 20.3 Å². The van der Waals surface area contributed by atoms with Crippen LogP contribution in [0.15, 0.2) is 42.5 Å². The van der Waals surface area contributed by atoms with Gasteiger partial charge in [-0.2, -0.15) is 0 Å². The molecule has 0 unspecified atom stereocenters. The molecule has 2 aromatic rings. The Kier molecular flexibility index (Phi) is 4.00. The molecule has 19 heavy (non-hydrogen) atoms. The highest BCUT2D eigenvalue weighted by atomic mass is 16.1. The standard InChI is InChI=1S/C17H19NO/c1-13-9-14(2)17(15(3)10-13)18(12-19)11-16-7-5-4-6-8-16/h4-10,12H,11H2,1-3H3. The van der Waals surface area contributed by atoms with Crippen molar-refractivity contribution in [3.63, 3.8) is 0 Å². The molecular weight excluding hydrogens is 234 g/mol. The molecule has 0 saturated heterocycles. The molecule has 1 amide bonds. The van der Waals surface area contributed by atoms with E-state index in [-0.39, 0.29) is 0 Å². The predicted molar refractivity (Wildman–Crippen MR) is 79.3 cm³/mol. The van der Waals surface area contributed by atoms with E-state index in [2.05, 4.69) is 32.9 Å². The number of aryl methyl sites for hydroxylation is 3. The van der Waals surface area contributed by atoms with Crippen molar-refractivity contribution in [2.24, 2.45) is 0 Å². The van der Waals surface area contributed by atoms with Gasteiger partial charge in [-0.25, -0.2) is 0 Å². The highest BCUT2D eigenvalue weighted by Crippen LogP contribution is 2.26. The fourth-order valence-corrected chi connectivity index (χ4v) is 2.57. The lowest BCUT2D eigenvalue weighted by Gasteiger charge is -2.22. The SMILES string of the molecule is Cc1cc(C)c(N(C=O)Cc2ccccc2)c(C)c1. The zero-order valence-electron chi connectivity index (χ0n) is 11.7. The molecule has 2 nitrogen and oxygen atoms in total. The molecule has 2 heteroatoms. The summed E-state index contributed by atoms with van der Waals surface area (Å²) in [5.41, 5.74) is 5.66. The van der Waals surface area contributed by atoms with Gasteiger partial charge in [-0.05, 0) is 37.5 Å². The van der Waals surface area contributed by atoms with Gasteiger partial charge in [0.15, 0.2) is 0 Å². The molecule has 0 atom stereocenters. The first-order valence-electron chi connectivity index (χ1n) is 6.45. The molecular formula is C17H19NO. The second-order valence-electron chi connectivity index (χ2n) is 4.97. The van der Waals surface area contributed by atoms with Gasteiger partial charge in [0.1, 0.15) is 0 Å². The van der Waals surface area contributed by atoms with Crippen molar-refractivity contribution in [2.45, 2.75) is 27.3 Å². The number of benzene rings is 2. The maximum absolute atomic E-state index is 11.4. The summed E-state index contributed by atoms with van der Waals surface area (Å²) in [5.74, 6) is 0. The van der Waals surface area contributed by atoms with Crippen LogP contribution in [0.1, 0.15) is 22.3 Å². The van der Waals surface area contributed by atoms with Crippen molar-refractivity contribution in [1.82, 2.24) is 0 Å². The smallest absolute Gasteiger partial charge is 0.214 e. The minimum absolute atomic E-state index is 0.606. The Morgan fingerprint density at radius 3 is 2.11 bits per heavy atom. The van der Waals surface area contributed by atoms with E-state index in [1.807, 2.05) is 30.3 Å². The number of carbonyl (C=O) groups excluding carboxylic acids is 1. The van der Waals surface area contributed by atoms with Crippen molar-refractivity contribution >= 4 is 12.1 Å². The predicted octanol–water partition coefficient (Wildman–Crippen LogP) is 3.77. The minimum Gasteiger partial charge on any atom is -0.310 e. The number of amides is 1. The van der Waals surface area contributed by atoms with E-state index in [4.69, 9.17) is 0 Å². The highest BCUT2D eigenvalue weighted by molar-refractivity contribution is 5.79. The van der Waals surface area contributed by atoms with E-state index in [1.54, 1.807) is 4.90 Å². The Morgan fingerprint density at radius 1 is 1.00 bits per heavy atom. The fraction of sp³-hybridized carbons (Fsp3) is 0.235. The number of anilines is 1. The van der Waals surface area contributed by atoms with Crippen LogP contribution in [-0.4, -0.2) is 6.41 Å². The van der Waals surface area contributed by atoms with Crippen LogP contribution < -0.4 is 4.90 Å². The first kappa shape index (κ1) is 13.3. The van der Waals surface area contributed by atoms with Crippen LogP contribution in [0.25, 0.3) is 0 Å². The molecule has 98 valence electrons. The third kappa shape index (κ3) is 3.02. The number of rotatable bonds is 4. The van der Waals surface area contributed by atoms with Crippen LogP contribution in [0.3, 0.4) is 0 Å². The minimum atomic E-state index is 0.606. The molecule has 0 aliphatic rings. The largest absolute Gasteiger partial charge is 0.310 e. The normalized spacial score (nSPS) is 10.3. The molecule has 0 fully saturated rings. The summed E-state index contributed by atoms with van der Waals surface area (Å²) in [4.78, 5) is 13.2. The Labute approximate surface area is 114 Å². The number of carbonyl (C=O) groups is 1. The van der Waals surface area contributed by atoms with E-state index in [0.29, 0.717) is 6.54 Å². The van der Waals surface area contributed by atoms with Crippen molar-refractivity contribution < 1.29 is 4.79 Å². The summed E-state index contributed by atoms with van der Waals surface area (Å²) >= 11 is 0. The van der Waals surface area contributed by atoms with Crippen LogP contribution in [0.4, 0.5) is 5.69 Å². The van der Waals surface area contributed by atoms with Gasteiger partial charge in [0.2, 0.25) is 6.41 Å². The highest BCUT2D eigenvalue weighted by Gasteiger charge is 2.12. The van der Waals surface area contributed by atoms with Crippen molar-refractivity contribution in [1.29, 1.82) is 0 Å². The molecule has 2 rings (SSSR count). The zero-order valence-corrected chi connectivity index (χ0v) is 11.7. The molecule has 0 aliphatic carbocycles. The van der Waals surface area contributed by atoms with Crippen molar-refractivity contribution in [2.75, 3.05) is 4.90 Å². The summed E-state index contributed by atoms with van der Waals surface area (Å²) in [6.07, 6.45) is 0.914. The zero-order chi connectivity index (χ0) is 13.8. The molecule has 0 N–H and O–H groups in total. The van der Waals surface area contributed by atoms with E-state index >= 15 is 0 Å². The van der Waals surface area contributed by atoms with Gasteiger partial charge in [-0.3, -0.25) is 4.79 Å². The van der Waals surface area contributed by atoms with E-state index in [9.17, 15) is 4.79 Å². The maximum Gasteiger partial charge on any atom is 0.214 e. The average molecular weight is 253 g/mol. The maximum atomic E-state index is 11.4. The number of nitrogens with zero attached hydrogens (tertiary/aromatic N) is 1. The lowest BCUT2D eigenvalue weighted by Crippen LogP contribution is -2.22. The van der Waals surface area contributed by atoms with Crippen LogP contribution in [-0.2, 0) is 11.3 Å². The Hall–Kier alpha value is -2.09. The Morgan fingerprint density at radius 2 is 1.58 bits per heavy atom. The average Bonchev–Trinajstić information content (AvgIpc) is 2.37. The third-order valence-corrected chi connectivity index (χ3v) is 3.25. The Balaban J connectivity index is 2.35. The van der Waals surface area contributed by atoms with Crippen molar-refractivity contribution in [3.05, 3.63) is 64.7 Å². The summed E-state index contributed by atoms with van der Waals surface area (Å²) in [6, 6.07) is 14.3. The lowest BCUT2D eigenvalue weighted by atomic mass is 10.0. The molecule has 2 aromatic carbocycles. The van der Waals surface area contributed by atoms with Crippen LogP contribution >= 0.6 is 0 Å². The van der Waals surface area contributed by atoms with Crippen LogP contribution in [0.2, 0.25) is 0 Å². The summed E-state index contributed by atoms with van der Waals surface area (Å²) < 4.78 is 0. The molecule has 0 bridgehead atoms. The van der Waals surface area contributed by atoms with Gasteiger partial charge in [0, 0.05) is 5.69 Å². The summed E-state index contributed by atoms with van der Waals surface area (Å²) in [5, 5.41) is 0. The van der Waals surface area contributed by atoms with Gasteiger partial charge in [0.25, 0.3) is 0 Å². The fourth-order valence-electron chi connectivity index (χ4n) is 2.57.